The first-order valence-electron chi connectivity index (χ1n) is 12.7. The van der Waals surface area contributed by atoms with Crippen molar-refractivity contribution in [3.63, 3.8) is 0 Å². The molecule has 0 saturated heterocycles. The number of fused-ring (bicyclic) bond motifs is 2. The van der Waals surface area contributed by atoms with E-state index in [4.69, 9.17) is 9.47 Å². The van der Waals surface area contributed by atoms with Crippen molar-refractivity contribution in [3.8, 4) is 33.8 Å². The molecule has 0 N–H and O–H groups in total. The number of methoxy groups -OCH3 is 2. The van der Waals surface area contributed by atoms with Gasteiger partial charge < -0.3 is 24.3 Å². The Morgan fingerprint density at radius 2 is 0.925 bits per heavy atom. The van der Waals surface area contributed by atoms with Gasteiger partial charge in [-0.25, -0.2) is 0 Å². The number of ether oxygens (including phenoxy) is 2. The van der Waals surface area contributed by atoms with Crippen molar-refractivity contribution < 1.29 is 35.3 Å². The van der Waals surface area contributed by atoms with Gasteiger partial charge in [-0.1, -0.05) is 61.4 Å². The van der Waals surface area contributed by atoms with Crippen molar-refractivity contribution in [2.24, 2.45) is 0 Å². The molecule has 6 aromatic rings. The Morgan fingerprint density at radius 1 is 0.550 bits per heavy atom. The molecule has 3 heteroatoms. The zero-order chi connectivity index (χ0) is 25.6. The van der Waals surface area contributed by atoms with Gasteiger partial charge in [-0.05, 0) is 40.8 Å². The van der Waals surface area contributed by atoms with Crippen LogP contribution < -0.4 is 9.47 Å². The molecule has 0 aliphatic heterocycles. The van der Waals surface area contributed by atoms with Gasteiger partial charge in [0, 0.05) is 0 Å². The summed E-state index contributed by atoms with van der Waals surface area (Å²) < 4.78 is 10.7. The van der Waals surface area contributed by atoms with Crippen LogP contribution in [-0.4, -0.2) is 14.2 Å². The third kappa shape index (κ3) is 5.45. The minimum absolute atomic E-state index is 0. The summed E-state index contributed by atoms with van der Waals surface area (Å²) in [6.45, 7) is 4.66. The molecule has 0 aliphatic rings. The second-order valence-electron chi connectivity index (χ2n) is 10.2. The Hall–Kier alpha value is -3.43. The predicted molar refractivity (Wildman–Crippen MR) is 168 cm³/mol. The fraction of sp³-hybridized carbons (Fsp3) is 0.135. The Balaban J connectivity index is 0.00000147. The van der Waals surface area contributed by atoms with Gasteiger partial charge in [0.15, 0.2) is 0 Å². The van der Waals surface area contributed by atoms with Crippen LogP contribution in [0, 0.1) is 14.9 Å². The Morgan fingerprint density at radius 3 is 1.27 bits per heavy atom. The summed E-state index contributed by atoms with van der Waals surface area (Å²) in [7, 11) is 3.41. The maximum atomic E-state index is 5.36. The van der Waals surface area contributed by atoms with E-state index < -0.39 is 0 Å². The molecule has 0 bridgehead atoms. The van der Waals surface area contributed by atoms with Crippen molar-refractivity contribution in [1.29, 1.82) is 0 Å². The summed E-state index contributed by atoms with van der Waals surface area (Å²) in [6.07, 6.45) is 0. The minimum Gasteiger partial charge on any atom is -0.497 e. The predicted octanol–water partition coefficient (Wildman–Crippen LogP) is 10.0. The molecule has 40 heavy (non-hydrogen) atoms. The van der Waals surface area contributed by atoms with E-state index in [0.717, 1.165) is 11.5 Å². The van der Waals surface area contributed by atoms with Gasteiger partial charge in [0.2, 0.25) is 0 Å². The fourth-order valence-corrected chi connectivity index (χ4v) is 5.40. The molecule has 0 fully saturated rings. The van der Waals surface area contributed by atoms with Crippen LogP contribution in [0.15, 0.2) is 109 Å². The zero-order valence-electron chi connectivity index (χ0n) is 24.2. The number of rotatable bonds is 6. The maximum absolute atomic E-state index is 5.36. The normalized spacial score (nSPS) is 10.9. The van der Waals surface area contributed by atoms with E-state index in [0.29, 0.717) is 0 Å². The Bertz CT molecular complexity index is 1570. The van der Waals surface area contributed by atoms with Gasteiger partial charge in [-0.15, -0.1) is 69.1 Å². The van der Waals surface area contributed by atoms with Crippen LogP contribution in [0.25, 0.3) is 43.8 Å². The summed E-state index contributed by atoms with van der Waals surface area (Å²) in [6, 6.07) is 39.2. The fourth-order valence-electron chi connectivity index (χ4n) is 5.40. The van der Waals surface area contributed by atoms with Crippen molar-refractivity contribution >= 4 is 21.5 Å². The van der Waals surface area contributed by atoms with Crippen LogP contribution in [0.3, 0.4) is 0 Å². The van der Waals surface area contributed by atoms with E-state index in [1.807, 2.05) is 24.3 Å². The second-order valence-corrected chi connectivity index (χ2v) is 10.2. The van der Waals surface area contributed by atoms with Crippen LogP contribution in [0.4, 0.5) is 0 Å². The monoisotopic (exact) mass is 692 g/mol. The van der Waals surface area contributed by atoms with Gasteiger partial charge >= 0.3 is 25.8 Å². The largest absolute Gasteiger partial charge is 4.00 e. The summed E-state index contributed by atoms with van der Waals surface area (Å²) in [5.74, 6) is 1.75. The maximum Gasteiger partial charge on any atom is 4.00 e. The van der Waals surface area contributed by atoms with E-state index in [1.165, 1.54) is 54.9 Å². The molecule has 0 saturated carbocycles. The first-order chi connectivity index (χ1) is 18.0. The first kappa shape index (κ1) is 31.1. The molecule has 6 rings (SSSR count). The third-order valence-electron chi connectivity index (χ3n) is 7.75. The second kappa shape index (κ2) is 12.4. The zero-order valence-corrected chi connectivity index (χ0v) is 27.8. The van der Waals surface area contributed by atoms with E-state index in [-0.39, 0.29) is 46.1 Å². The van der Waals surface area contributed by atoms with Crippen molar-refractivity contribution in [2.45, 2.75) is 19.3 Å². The molecule has 0 amide bonds. The van der Waals surface area contributed by atoms with Gasteiger partial charge in [0.05, 0.1) is 14.2 Å². The van der Waals surface area contributed by atoms with Crippen LogP contribution in [-0.2, 0) is 31.3 Å². The average molecular weight is 691 g/mol. The molecule has 6 aromatic carbocycles. The molecule has 200 valence electrons. The molecule has 0 heterocycles. The molecular formula is C37H36HfO2. The smallest absolute Gasteiger partial charge is 0.497 e. The van der Waals surface area contributed by atoms with Gasteiger partial charge in [0.25, 0.3) is 0 Å². The van der Waals surface area contributed by atoms with E-state index in [2.05, 4.69) is 98.8 Å². The third-order valence-corrected chi connectivity index (χ3v) is 7.75. The number of hydrogen-bond donors (Lipinski definition) is 0. The summed E-state index contributed by atoms with van der Waals surface area (Å²) in [5.41, 5.74) is 7.39. The Kier molecular flexibility index (Phi) is 9.64. The van der Waals surface area contributed by atoms with Crippen molar-refractivity contribution in [2.75, 3.05) is 14.2 Å². The molecule has 0 atom stereocenters. The van der Waals surface area contributed by atoms with E-state index in [9.17, 15) is 0 Å². The van der Waals surface area contributed by atoms with Crippen LogP contribution in [0.5, 0.6) is 11.5 Å². The van der Waals surface area contributed by atoms with Crippen molar-refractivity contribution in [3.05, 3.63) is 135 Å². The van der Waals surface area contributed by atoms with Gasteiger partial charge in [-0.3, -0.25) is 0 Å². The molecule has 0 unspecified atom stereocenters. The van der Waals surface area contributed by atoms with Crippen molar-refractivity contribution in [1.82, 2.24) is 0 Å². The van der Waals surface area contributed by atoms with Gasteiger partial charge in [-0.2, -0.15) is 12.1 Å². The molecular weight excluding hydrogens is 655 g/mol. The van der Waals surface area contributed by atoms with Crippen LogP contribution in [0.2, 0.25) is 0 Å². The molecule has 0 spiro atoms. The van der Waals surface area contributed by atoms with E-state index >= 15 is 0 Å². The topological polar surface area (TPSA) is 18.5 Å². The molecule has 0 radical (unpaired) electrons. The molecule has 0 aliphatic carbocycles. The minimum atomic E-state index is -0.146. The average Bonchev–Trinajstić information content (AvgIpc) is 3.59. The Labute approximate surface area is 258 Å². The van der Waals surface area contributed by atoms with Gasteiger partial charge in [0.1, 0.15) is 11.5 Å². The summed E-state index contributed by atoms with van der Waals surface area (Å²) in [4.78, 5) is 0. The number of hydrogen-bond acceptors (Lipinski definition) is 2. The molecule has 0 aromatic heterocycles. The van der Waals surface area contributed by atoms with E-state index in [1.54, 1.807) is 14.2 Å². The summed E-state index contributed by atoms with van der Waals surface area (Å²) in [5, 5.41) is 5.11. The van der Waals surface area contributed by atoms with Crippen LogP contribution in [0.1, 0.15) is 25.0 Å². The number of benzene rings is 4. The standard InChI is InChI=1S/C35H30O2.2CH3.Hf/c1-35(2,27-19-25-7-5-9-31(33(25)21-27)23-11-15-29(36-3)16-12-23)28-20-26-8-6-10-32(34(26)22-28)24-13-17-30(37-4)18-14-24;;;/h5-22H,1-4H3;2*1H3;/q-2;2*-1;+4. The summed E-state index contributed by atoms with van der Waals surface area (Å²) >= 11 is 0. The SMILES string of the molecule is COc1ccc(-c2cccc3[cH-]c(C(C)(C)c4cc5c(-c6ccc(OC)cc6)cccc5[cH-]4)cc23)cc1.[CH3-].[CH3-].[Hf+4]. The first-order valence-corrected chi connectivity index (χ1v) is 12.7. The van der Waals surface area contributed by atoms with Crippen LogP contribution >= 0.6 is 0 Å². The quantitative estimate of drug-likeness (QED) is 0.128. The molecule has 2 nitrogen and oxygen atoms in total.